The molecule has 1 N–H and O–H groups in total. The number of nitrogens with zero attached hydrogens (tertiary/aromatic N) is 2. The van der Waals surface area contributed by atoms with Crippen molar-refractivity contribution >= 4 is 40.4 Å². The van der Waals surface area contributed by atoms with Crippen molar-refractivity contribution in [1.82, 2.24) is 0 Å². The Bertz CT molecular complexity index is 1120. The second-order valence-electron chi connectivity index (χ2n) is 7.72. The summed E-state index contributed by atoms with van der Waals surface area (Å²) in [5.41, 5.74) is 3.53. The van der Waals surface area contributed by atoms with Crippen LogP contribution in [0.1, 0.15) is 31.7 Å². The van der Waals surface area contributed by atoms with E-state index in [-0.39, 0.29) is 22.9 Å². The number of carboxylic acid groups (broad SMARTS) is 1. The lowest BCUT2D eigenvalue weighted by molar-refractivity contribution is -0.644. The number of aliphatic carboxylic acids is 1. The molecule has 1 aliphatic rings. The van der Waals surface area contributed by atoms with E-state index in [1.807, 2.05) is 13.0 Å². The molecule has 2 aromatic carbocycles. The van der Waals surface area contributed by atoms with Crippen molar-refractivity contribution < 1.29 is 31.4 Å². The molecule has 0 radical (unpaired) electrons. The van der Waals surface area contributed by atoms with Crippen LogP contribution in [0.4, 0.5) is 5.69 Å². The summed E-state index contributed by atoms with van der Waals surface area (Å²) in [7, 11) is 2.06. The summed E-state index contributed by atoms with van der Waals surface area (Å²) >= 11 is 1.76. The van der Waals surface area contributed by atoms with Gasteiger partial charge in [0.05, 0.1) is 22.0 Å². The Morgan fingerprint density at radius 1 is 1.13 bits per heavy atom. The number of rotatable bonds is 7. The summed E-state index contributed by atoms with van der Waals surface area (Å²) in [4.78, 5) is 15.2. The number of para-hydroxylation sites is 2. The van der Waals surface area contributed by atoms with Crippen molar-refractivity contribution in [1.29, 1.82) is 0 Å². The van der Waals surface area contributed by atoms with E-state index in [4.69, 9.17) is 0 Å². The smallest absolute Gasteiger partial charge is 0.306 e. The van der Waals surface area contributed by atoms with E-state index >= 15 is 0 Å². The summed E-state index contributed by atoms with van der Waals surface area (Å²) in [6.45, 7) is 2.74. The molecular formula is C25H27BrN2O2S. The number of fused-ring (bicyclic) bond motifs is 2. The molecule has 3 aromatic rings. The number of thioether (sulfide) groups is 1. The summed E-state index contributed by atoms with van der Waals surface area (Å²) in [6.07, 6.45) is 6.57. The lowest BCUT2D eigenvalue weighted by Crippen LogP contribution is -3.00. The summed E-state index contributed by atoms with van der Waals surface area (Å²) in [6, 6.07) is 18.9. The van der Waals surface area contributed by atoms with Gasteiger partial charge < -0.3 is 27.0 Å². The average molecular weight is 499 g/mol. The first kappa shape index (κ1) is 23.4. The van der Waals surface area contributed by atoms with Crippen LogP contribution in [0.2, 0.25) is 0 Å². The third-order valence-corrected chi connectivity index (χ3v) is 6.79. The van der Waals surface area contributed by atoms with E-state index in [2.05, 4.69) is 77.3 Å². The highest BCUT2D eigenvalue weighted by Crippen LogP contribution is 2.47. The Morgan fingerprint density at radius 2 is 1.87 bits per heavy atom. The normalized spacial score (nSPS) is 15.0. The SMILES string of the molecule is CCCC(CCN1C(=Cc2cc[n+](C)c3ccccc23)Sc2ccccc21)C(=O)O.[Br-]. The van der Waals surface area contributed by atoms with Gasteiger partial charge in [0.25, 0.3) is 0 Å². The van der Waals surface area contributed by atoms with Crippen LogP contribution in [0.15, 0.2) is 70.7 Å². The van der Waals surface area contributed by atoms with Gasteiger partial charge >= 0.3 is 5.97 Å². The van der Waals surface area contributed by atoms with Gasteiger partial charge in [0, 0.05) is 23.6 Å². The molecule has 1 atom stereocenters. The van der Waals surface area contributed by atoms with Crippen molar-refractivity contribution in [2.45, 2.75) is 31.1 Å². The molecule has 1 aliphatic heterocycles. The molecule has 0 aliphatic carbocycles. The van der Waals surface area contributed by atoms with Gasteiger partial charge in [0.2, 0.25) is 5.52 Å². The maximum atomic E-state index is 11.7. The molecule has 162 valence electrons. The van der Waals surface area contributed by atoms with E-state index in [1.165, 1.54) is 27.0 Å². The zero-order valence-corrected chi connectivity index (χ0v) is 20.2. The number of hydrogen-bond acceptors (Lipinski definition) is 3. The summed E-state index contributed by atoms with van der Waals surface area (Å²) < 4.78 is 2.13. The minimum Gasteiger partial charge on any atom is -1.00 e. The Labute approximate surface area is 198 Å². The number of pyridine rings is 1. The summed E-state index contributed by atoms with van der Waals surface area (Å²) in [5, 5.41) is 11.9. The van der Waals surface area contributed by atoms with Gasteiger partial charge in [-0.3, -0.25) is 4.79 Å². The number of hydrogen-bond donors (Lipinski definition) is 1. The first-order valence-corrected chi connectivity index (χ1v) is 11.3. The number of aromatic nitrogens is 1. The number of anilines is 1. The monoisotopic (exact) mass is 498 g/mol. The maximum absolute atomic E-state index is 11.7. The Kier molecular flexibility index (Phi) is 7.79. The van der Waals surface area contributed by atoms with Gasteiger partial charge in [0.1, 0.15) is 7.05 Å². The highest BCUT2D eigenvalue weighted by atomic mass is 79.9. The summed E-state index contributed by atoms with van der Waals surface area (Å²) in [5.74, 6) is -0.991. The zero-order valence-electron chi connectivity index (χ0n) is 17.8. The minimum atomic E-state index is -0.691. The van der Waals surface area contributed by atoms with Gasteiger partial charge in [0.15, 0.2) is 6.20 Å². The van der Waals surface area contributed by atoms with E-state index < -0.39 is 5.97 Å². The Balaban J connectivity index is 0.00000272. The Hall–Kier alpha value is -2.31. The molecule has 1 unspecified atom stereocenters. The molecule has 0 amide bonds. The second-order valence-corrected chi connectivity index (χ2v) is 8.78. The van der Waals surface area contributed by atoms with Crippen LogP contribution in [0.5, 0.6) is 0 Å². The van der Waals surface area contributed by atoms with Crippen molar-refractivity contribution in [2.75, 3.05) is 11.4 Å². The van der Waals surface area contributed by atoms with Crippen molar-refractivity contribution in [3.63, 3.8) is 0 Å². The fourth-order valence-corrected chi connectivity index (χ4v) is 5.20. The van der Waals surface area contributed by atoms with Gasteiger partial charge in [-0.05, 0) is 42.7 Å². The molecule has 4 nitrogen and oxygen atoms in total. The predicted molar refractivity (Wildman–Crippen MR) is 123 cm³/mol. The third kappa shape index (κ3) is 4.96. The van der Waals surface area contributed by atoms with Gasteiger partial charge in [-0.2, -0.15) is 0 Å². The number of carbonyl (C=O) groups is 1. The van der Waals surface area contributed by atoms with Crippen LogP contribution in [0.25, 0.3) is 17.0 Å². The van der Waals surface area contributed by atoms with Crippen LogP contribution in [0.3, 0.4) is 0 Å². The fraction of sp³-hybridized carbons (Fsp3) is 0.280. The van der Waals surface area contributed by atoms with Crippen molar-refractivity contribution in [3.05, 3.63) is 71.4 Å². The molecule has 0 saturated heterocycles. The fourth-order valence-electron chi connectivity index (χ4n) is 4.06. The van der Waals surface area contributed by atoms with Crippen molar-refractivity contribution in [2.24, 2.45) is 13.0 Å². The molecule has 0 spiro atoms. The molecular weight excluding hydrogens is 472 g/mol. The first-order chi connectivity index (χ1) is 14.6. The molecule has 2 heterocycles. The number of benzene rings is 2. The second kappa shape index (κ2) is 10.3. The van der Waals surface area contributed by atoms with Crippen LogP contribution >= 0.6 is 11.8 Å². The molecule has 31 heavy (non-hydrogen) atoms. The largest absolute Gasteiger partial charge is 1.00 e. The van der Waals surface area contributed by atoms with Gasteiger partial charge in [-0.15, -0.1) is 0 Å². The van der Waals surface area contributed by atoms with E-state index in [9.17, 15) is 9.90 Å². The van der Waals surface area contributed by atoms with Crippen molar-refractivity contribution in [3.8, 4) is 0 Å². The maximum Gasteiger partial charge on any atom is 0.306 e. The highest BCUT2D eigenvalue weighted by molar-refractivity contribution is 8.03. The lowest BCUT2D eigenvalue weighted by atomic mass is 9.99. The molecule has 0 saturated carbocycles. The van der Waals surface area contributed by atoms with E-state index in [0.29, 0.717) is 13.0 Å². The van der Waals surface area contributed by atoms with Crippen LogP contribution in [-0.2, 0) is 11.8 Å². The van der Waals surface area contributed by atoms with Crippen LogP contribution < -0.4 is 26.4 Å². The average Bonchev–Trinajstić information content (AvgIpc) is 3.10. The number of halogens is 1. The van der Waals surface area contributed by atoms with Crippen LogP contribution in [0, 0.1) is 5.92 Å². The molecule has 6 heteroatoms. The number of carboxylic acids is 1. The van der Waals surface area contributed by atoms with Gasteiger partial charge in [-0.1, -0.05) is 49.4 Å². The molecule has 0 bridgehead atoms. The molecule has 4 rings (SSSR count). The van der Waals surface area contributed by atoms with Crippen LogP contribution in [-0.4, -0.2) is 17.6 Å². The topological polar surface area (TPSA) is 44.4 Å². The zero-order chi connectivity index (χ0) is 21.1. The molecule has 0 fully saturated rings. The molecule has 1 aromatic heterocycles. The Morgan fingerprint density at radius 3 is 2.65 bits per heavy atom. The van der Waals surface area contributed by atoms with E-state index in [1.54, 1.807) is 11.8 Å². The van der Waals surface area contributed by atoms with E-state index in [0.717, 1.165) is 17.9 Å². The third-order valence-electron chi connectivity index (χ3n) is 5.68. The highest BCUT2D eigenvalue weighted by Gasteiger charge is 2.27. The number of aryl methyl sites for hydroxylation is 1. The minimum absolute atomic E-state index is 0. The first-order valence-electron chi connectivity index (χ1n) is 10.4. The lowest BCUT2D eigenvalue weighted by Gasteiger charge is -2.22. The van der Waals surface area contributed by atoms with Gasteiger partial charge in [-0.25, -0.2) is 4.57 Å². The predicted octanol–water partition coefficient (Wildman–Crippen LogP) is 2.47. The standard InChI is InChI=1S/C25H26N2O2S.BrH/c1-3-8-18(25(28)29)14-16-27-22-11-6-7-12-23(22)30-24(27)17-19-13-15-26(2)21-10-5-4-9-20(19)21;/h4-7,9-13,15,17-18H,3,8,14,16H2,1-2H3;1H. The quantitative estimate of drug-likeness (QED) is 0.508.